The molecule has 1 saturated heterocycles. The number of carbonyl (C=O) groups is 1. The molecule has 3 aromatic heterocycles. The molecule has 0 radical (unpaired) electrons. The van der Waals surface area contributed by atoms with Gasteiger partial charge in [-0.3, -0.25) is 9.78 Å². The number of hydrogen-bond acceptors (Lipinski definition) is 7. The summed E-state index contributed by atoms with van der Waals surface area (Å²) in [5.41, 5.74) is 4.39. The molecule has 1 amide bonds. The van der Waals surface area contributed by atoms with E-state index >= 15 is 0 Å². The molecule has 1 aliphatic rings. The van der Waals surface area contributed by atoms with Crippen molar-refractivity contribution in [1.29, 1.82) is 5.26 Å². The Hall–Kier alpha value is -4.29. The Morgan fingerprint density at radius 1 is 1.16 bits per heavy atom. The topological polar surface area (TPSA) is 103 Å². The lowest BCUT2D eigenvalue weighted by molar-refractivity contribution is 0.0254. The summed E-state index contributed by atoms with van der Waals surface area (Å²) in [4.78, 5) is 18.7. The summed E-state index contributed by atoms with van der Waals surface area (Å²) < 4.78 is 25.2. The summed E-state index contributed by atoms with van der Waals surface area (Å²) in [6.45, 7) is 1.33. The first kappa shape index (κ1) is 24.4. The van der Waals surface area contributed by atoms with Crippen LogP contribution in [0.1, 0.15) is 28.9 Å². The minimum Gasteiger partial charge on any atom is -0.494 e. The van der Waals surface area contributed by atoms with Gasteiger partial charge in [-0.25, -0.2) is 0 Å². The zero-order valence-corrected chi connectivity index (χ0v) is 21.3. The van der Waals surface area contributed by atoms with Crippen molar-refractivity contribution in [3.8, 4) is 40.1 Å². The Labute approximate surface area is 214 Å². The first-order valence-electron chi connectivity index (χ1n) is 12.0. The van der Waals surface area contributed by atoms with Gasteiger partial charge in [0, 0.05) is 57.9 Å². The highest BCUT2D eigenvalue weighted by atomic mass is 16.5. The fourth-order valence-electron chi connectivity index (χ4n) is 4.59. The number of benzene rings is 1. The van der Waals surface area contributed by atoms with Crippen LogP contribution in [0.4, 0.5) is 0 Å². The third-order valence-corrected chi connectivity index (χ3v) is 6.56. The lowest BCUT2D eigenvalue weighted by atomic mass is 10.0. The number of carbonyl (C=O) groups excluding carboxylic acids is 1. The van der Waals surface area contributed by atoms with Gasteiger partial charge in [0.1, 0.15) is 40.6 Å². The Bertz CT molecular complexity index is 1510. The maximum atomic E-state index is 12.7. The maximum Gasteiger partial charge on any atom is 0.270 e. The van der Waals surface area contributed by atoms with E-state index in [4.69, 9.17) is 18.6 Å². The van der Waals surface area contributed by atoms with E-state index in [2.05, 4.69) is 11.1 Å². The maximum absolute atomic E-state index is 12.7. The standard InChI is InChI=1S/C28H28N4O5/c1-31(2)28(33)22-15-24(34-4)26(32(22)3)25-14-21-27(37-25)20(7-10-30-21)17-5-6-23(18(13-17)16-29)36-19-8-11-35-12-9-19/h5-7,10,13-15,19H,8-9,11-12H2,1-4H3. The number of rotatable bonds is 6. The number of nitriles is 1. The molecule has 0 aliphatic carbocycles. The normalized spacial score (nSPS) is 13.9. The van der Waals surface area contributed by atoms with Crippen molar-refractivity contribution >= 4 is 17.0 Å². The van der Waals surface area contributed by atoms with Gasteiger partial charge >= 0.3 is 0 Å². The number of amides is 1. The van der Waals surface area contributed by atoms with Gasteiger partial charge in [-0.05, 0) is 23.8 Å². The number of hydrogen-bond donors (Lipinski definition) is 0. The zero-order valence-electron chi connectivity index (χ0n) is 21.3. The number of ether oxygens (including phenoxy) is 3. The van der Waals surface area contributed by atoms with Gasteiger partial charge in [0.15, 0.2) is 11.3 Å². The van der Waals surface area contributed by atoms with E-state index < -0.39 is 0 Å². The summed E-state index contributed by atoms with van der Waals surface area (Å²) in [7, 11) is 6.76. The lowest BCUT2D eigenvalue weighted by Gasteiger charge is -2.23. The molecular formula is C28H28N4O5. The van der Waals surface area contributed by atoms with Crippen molar-refractivity contribution in [2.24, 2.45) is 7.05 Å². The Kier molecular flexibility index (Phi) is 6.59. The summed E-state index contributed by atoms with van der Waals surface area (Å²) in [5, 5.41) is 9.82. The van der Waals surface area contributed by atoms with Crippen molar-refractivity contribution in [2.75, 3.05) is 34.4 Å². The predicted octanol–water partition coefficient (Wildman–Crippen LogP) is 4.64. The molecule has 0 spiro atoms. The Morgan fingerprint density at radius 2 is 1.95 bits per heavy atom. The van der Waals surface area contributed by atoms with Crippen LogP contribution in [0.25, 0.3) is 33.7 Å². The van der Waals surface area contributed by atoms with Crippen molar-refractivity contribution in [3.05, 3.63) is 53.9 Å². The Morgan fingerprint density at radius 3 is 2.65 bits per heavy atom. The number of methoxy groups -OCH3 is 1. The number of fused-ring (bicyclic) bond motifs is 1. The third kappa shape index (κ3) is 4.52. The van der Waals surface area contributed by atoms with Gasteiger partial charge < -0.3 is 28.1 Å². The fourth-order valence-corrected chi connectivity index (χ4v) is 4.59. The second kappa shape index (κ2) is 9.99. The van der Waals surface area contributed by atoms with Gasteiger partial charge in [-0.1, -0.05) is 6.07 Å². The van der Waals surface area contributed by atoms with Crippen LogP contribution in [0.15, 0.2) is 47.0 Å². The van der Waals surface area contributed by atoms with Crippen molar-refractivity contribution in [1.82, 2.24) is 14.5 Å². The Balaban J connectivity index is 1.55. The predicted molar refractivity (Wildman–Crippen MR) is 138 cm³/mol. The van der Waals surface area contributed by atoms with E-state index in [1.807, 2.05) is 30.3 Å². The van der Waals surface area contributed by atoms with E-state index in [1.54, 1.807) is 45.1 Å². The SMILES string of the molecule is COc1cc(C(=O)N(C)C)n(C)c1-c1cc2nccc(-c3ccc(OC4CCOCC4)c(C#N)c3)c2o1. The first-order chi connectivity index (χ1) is 17.9. The van der Waals surface area contributed by atoms with Crippen molar-refractivity contribution in [2.45, 2.75) is 18.9 Å². The summed E-state index contributed by atoms with van der Waals surface area (Å²) in [6.07, 6.45) is 3.35. The van der Waals surface area contributed by atoms with Gasteiger partial charge in [0.05, 0.1) is 25.9 Å². The molecule has 1 aliphatic heterocycles. The van der Waals surface area contributed by atoms with E-state index in [1.165, 1.54) is 4.90 Å². The molecule has 0 atom stereocenters. The van der Waals surface area contributed by atoms with Gasteiger partial charge in [0.2, 0.25) is 0 Å². The first-order valence-corrected chi connectivity index (χ1v) is 12.0. The molecule has 0 unspecified atom stereocenters. The molecule has 0 N–H and O–H groups in total. The van der Waals surface area contributed by atoms with Crippen LogP contribution in [0.3, 0.4) is 0 Å². The van der Waals surface area contributed by atoms with Gasteiger partial charge in [-0.15, -0.1) is 0 Å². The highest BCUT2D eigenvalue weighted by Gasteiger charge is 2.24. The quantitative estimate of drug-likeness (QED) is 0.380. The second-order valence-corrected chi connectivity index (χ2v) is 9.14. The monoisotopic (exact) mass is 500 g/mol. The number of pyridine rings is 1. The average Bonchev–Trinajstić information content (AvgIpc) is 3.49. The molecule has 0 bridgehead atoms. The molecule has 4 aromatic rings. The van der Waals surface area contributed by atoms with E-state index in [0.717, 1.165) is 24.0 Å². The summed E-state index contributed by atoms with van der Waals surface area (Å²) in [5.74, 6) is 1.46. The average molecular weight is 501 g/mol. The molecule has 1 fully saturated rings. The molecule has 4 heterocycles. The zero-order chi connectivity index (χ0) is 26.1. The van der Waals surface area contributed by atoms with E-state index in [0.29, 0.717) is 58.5 Å². The molecule has 37 heavy (non-hydrogen) atoms. The largest absolute Gasteiger partial charge is 0.494 e. The van der Waals surface area contributed by atoms with Crippen molar-refractivity contribution in [3.63, 3.8) is 0 Å². The summed E-state index contributed by atoms with van der Waals surface area (Å²) >= 11 is 0. The molecule has 1 aromatic carbocycles. The number of furan rings is 1. The van der Waals surface area contributed by atoms with Crippen LogP contribution in [-0.4, -0.2) is 60.9 Å². The summed E-state index contributed by atoms with van der Waals surface area (Å²) in [6, 6.07) is 13.2. The van der Waals surface area contributed by atoms with Gasteiger partial charge in [0.25, 0.3) is 5.91 Å². The molecule has 190 valence electrons. The van der Waals surface area contributed by atoms with E-state index in [9.17, 15) is 10.1 Å². The highest BCUT2D eigenvalue weighted by molar-refractivity contribution is 5.96. The van der Waals surface area contributed by atoms with Crippen LogP contribution in [0.2, 0.25) is 0 Å². The molecule has 5 rings (SSSR count). The second-order valence-electron chi connectivity index (χ2n) is 9.14. The molecule has 9 heteroatoms. The molecular weight excluding hydrogens is 472 g/mol. The molecule has 9 nitrogen and oxygen atoms in total. The van der Waals surface area contributed by atoms with Crippen LogP contribution in [0.5, 0.6) is 11.5 Å². The van der Waals surface area contributed by atoms with Crippen LogP contribution in [-0.2, 0) is 11.8 Å². The minimum atomic E-state index is -0.144. The lowest BCUT2D eigenvalue weighted by Crippen LogP contribution is -2.26. The minimum absolute atomic E-state index is 0.0384. The van der Waals surface area contributed by atoms with Crippen LogP contribution < -0.4 is 9.47 Å². The number of aromatic nitrogens is 2. The number of nitrogens with zero attached hydrogens (tertiary/aromatic N) is 4. The third-order valence-electron chi connectivity index (χ3n) is 6.56. The fraction of sp³-hybridized carbons (Fsp3) is 0.321. The smallest absolute Gasteiger partial charge is 0.270 e. The van der Waals surface area contributed by atoms with Crippen LogP contribution in [0, 0.1) is 11.3 Å². The molecule has 0 saturated carbocycles. The van der Waals surface area contributed by atoms with Gasteiger partial charge in [-0.2, -0.15) is 5.26 Å². The van der Waals surface area contributed by atoms with Crippen LogP contribution >= 0.6 is 0 Å². The van der Waals surface area contributed by atoms with Crippen molar-refractivity contribution < 1.29 is 23.4 Å². The highest BCUT2D eigenvalue weighted by Crippen LogP contribution is 2.39. The van der Waals surface area contributed by atoms with E-state index in [-0.39, 0.29) is 12.0 Å².